The van der Waals surface area contributed by atoms with Crippen molar-refractivity contribution in [1.82, 2.24) is 4.90 Å². The predicted molar refractivity (Wildman–Crippen MR) is 87.1 cm³/mol. The Kier molecular flexibility index (Phi) is 5.23. The Morgan fingerprint density at radius 1 is 1.17 bits per heavy atom. The van der Waals surface area contributed by atoms with E-state index in [2.05, 4.69) is 0 Å². The number of aliphatic carboxylic acids is 1. The van der Waals surface area contributed by atoms with Gasteiger partial charge < -0.3 is 20.5 Å². The zero-order chi connectivity index (χ0) is 17.3. The second kappa shape index (κ2) is 6.67. The molecule has 1 saturated carbocycles. The van der Waals surface area contributed by atoms with Gasteiger partial charge in [-0.25, -0.2) is 4.79 Å². The highest BCUT2D eigenvalue weighted by Crippen LogP contribution is 2.44. The molecule has 1 aliphatic heterocycles. The summed E-state index contributed by atoms with van der Waals surface area (Å²) in [5.74, 6) is -0.801. The van der Waals surface area contributed by atoms with Crippen LogP contribution in [0.3, 0.4) is 0 Å². The number of hydrogen-bond acceptors (Lipinski definition) is 4. The van der Waals surface area contributed by atoms with Gasteiger partial charge in [-0.05, 0) is 65.7 Å². The fraction of sp³-hybridized carbons (Fsp3) is 0.882. The number of ether oxygens (including phenoxy) is 1. The lowest BCUT2D eigenvalue weighted by atomic mass is 9.65. The maximum atomic E-state index is 12.6. The minimum Gasteiger partial charge on any atom is -0.481 e. The molecule has 1 amide bonds. The predicted octanol–water partition coefficient (Wildman–Crippen LogP) is 2.75. The van der Waals surface area contributed by atoms with Gasteiger partial charge in [0.2, 0.25) is 0 Å². The van der Waals surface area contributed by atoms with E-state index in [4.69, 9.17) is 10.5 Å². The lowest BCUT2D eigenvalue weighted by Crippen LogP contribution is -2.58. The summed E-state index contributed by atoms with van der Waals surface area (Å²) in [6, 6.07) is -0.225. The van der Waals surface area contributed by atoms with E-state index in [0.717, 1.165) is 19.3 Å². The van der Waals surface area contributed by atoms with Gasteiger partial charge in [-0.3, -0.25) is 4.79 Å². The minimum atomic E-state index is -0.882. The van der Waals surface area contributed by atoms with Gasteiger partial charge in [-0.2, -0.15) is 0 Å². The van der Waals surface area contributed by atoms with Crippen LogP contribution in [0.15, 0.2) is 0 Å². The molecule has 132 valence electrons. The van der Waals surface area contributed by atoms with Crippen LogP contribution in [0.25, 0.3) is 0 Å². The molecule has 2 fully saturated rings. The van der Waals surface area contributed by atoms with Gasteiger partial charge in [-0.1, -0.05) is 0 Å². The first-order valence-corrected chi connectivity index (χ1v) is 8.64. The summed E-state index contributed by atoms with van der Waals surface area (Å²) in [5, 5.41) is 9.94. The third-order valence-corrected chi connectivity index (χ3v) is 5.12. The molecule has 2 rings (SSSR count). The average Bonchev–Trinajstić information content (AvgIpc) is 2.46. The van der Waals surface area contributed by atoms with Crippen LogP contribution in [-0.2, 0) is 9.53 Å². The van der Waals surface area contributed by atoms with Gasteiger partial charge in [0.05, 0.1) is 11.5 Å². The summed E-state index contributed by atoms with van der Waals surface area (Å²) in [4.78, 5) is 26.4. The van der Waals surface area contributed by atoms with Crippen molar-refractivity contribution in [1.29, 1.82) is 0 Å². The van der Waals surface area contributed by atoms with E-state index in [1.807, 2.05) is 20.8 Å². The second-order valence-electron chi connectivity index (χ2n) is 7.98. The molecule has 23 heavy (non-hydrogen) atoms. The van der Waals surface area contributed by atoms with E-state index in [-0.39, 0.29) is 12.1 Å². The Morgan fingerprint density at radius 2 is 1.78 bits per heavy atom. The Balaban J connectivity index is 2.24. The third-order valence-electron chi connectivity index (χ3n) is 5.12. The van der Waals surface area contributed by atoms with Crippen LogP contribution in [0, 0.1) is 5.41 Å². The maximum Gasteiger partial charge on any atom is 0.410 e. The number of nitrogens with zero attached hydrogens (tertiary/aromatic N) is 1. The highest BCUT2D eigenvalue weighted by Gasteiger charge is 2.52. The van der Waals surface area contributed by atoms with Crippen molar-refractivity contribution in [2.24, 2.45) is 11.1 Å². The lowest BCUT2D eigenvalue weighted by Gasteiger charge is -2.48. The molecule has 0 aromatic rings. The van der Waals surface area contributed by atoms with Crippen molar-refractivity contribution in [2.45, 2.75) is 83.4 Å². The highest BCUT2D eigenvalue weighted by molar-refractivity contribution is 5.78. The third kappa shape index (κ3) is 3.97. The van der Waals surface area contributed by atoms with Crippen LogP contribution in [0.5, 0.6) is 0 Å². The number of carboxylic acids is 1. The van der Waals surface area contributed by atoms with E-state index in [1.54, 1.807) is 4.90 Å². The Morgan fingerprint density at radius 3 is 2.30 bits per heavy atom. The number of nitrogens with two attached hydrogens (primary N) is 1. The van der Waals surface area contributed by atoms with E-state index in [9.17, 15) is 14.7 Å². The number of amides is 1. The molecule has 2 aliphatic rings. The number of carboxylic acid groups (broad SMARTS) is 1. The summed E-state index contributed by atoms with van der Waals surface area (Å²) < 4.78 is 5.51. The smallest absolute Gasteiger partial charge is 0.410 e. The second-order valence-corrected chi connectivity index (χ2v) is 7.98. The number of rotatable bonds is 2. The molecule has 0 aromatic carbocycles. The molecular weight excluding hydrogens is 296 g/mol. The number of carbonyl (C=O) groups excluding carboxylic acids is 1. The molecule has 3 N–H and O–H groups in total. The monoisotopic (exact) mass is 326 g/mol. The van der Waals surface area contributed by atoms with Crippen LogP contribution in [-0.4, -0.2) is 46.3 Å². The molecule has 0 spiro atoms. The first-order valence-electron chi connectivity index (χ1n) is 8.64. The van der Waals surface area contributed by atoms with Crippen LogP contribution in [0.1, 0.15) is 65.7 Å². The van der Waals surface area contributed by atoms with E-state index in [0.29, 0.717) is 32.2 Å². The zero-order valence-corrected chi connectivity index (χ0v) is 14.5. The van der Waals surface area contributed by atoms with Gasteiger partial charge >= 0.3 is 12.1 Å². The van der Waals surface area contributed by atoms with Crippen molar-refractivity contribution in [3.05, 3.63) is 0 Å². The zero-order valence-electron chi connectivity index (χ0n) is 14.5. The van der Waals surface area contributed by atoms with Crippen molar-refractivity contribution in [3.8, 4) is 0 Å². The first-order chi connectivity index (χ1) is 10.7. The summed E-state index contributed by atoms with van der Waals surface area (Å²) >= 11 is 0. The molecule has 0 bridgehead atoms. The minimum absolute atomic E-state index is 0.0704. The topological polar surface area (TPSA) is 92.9 Å². The fourth-order valence-corrected chi connectivity index (χ4v) is 3.89. The molecule has 1 atom stereocenters. The molecule has 1 heterocycles. The number of likely N-dealkylation sites (tertiary alicyclic amines) is 1. The maximum absolute atomic E-state index is 12.6. The van der Waals surface area contributed by atoms with Crippen LogP contribution in [0.2, 0.25) is 0 Å². The summed E-state index contributed by atoms with van der Waals surface area (Å²) in [5.41, 5.74) is 4.50. The lowest BCUT2D eigenvalue weighted by molar-refractivity contribution is -0.157. The Labute approximate surface area is 138 Å². The Hall–Kier alpha value is -1.30. The van der Waals surface area contributed by atoms with Gasteiger partial charge in [-0.15, -0.1) is 0 Å². The molecule has 1 saturated heterocycles. The van der Waals surface area contributed by atoms with Crippen LogP contribution >= 0.6 is 0 Å². The summed E-state index contributed by atoms with van der Waals surface area (Å²) in [7, 11) is 0. The van der Waals surface area contributed by atoms with Gasteiger partial charge in [0.15, 0.2) is 0 Å². The molecule has 6 nitrogen and oxygen atoms in total. The number of carbonyl (C=O) groups is 2. The Bertz CT molecular complexity index is 450. The fourth-order valence-electron chi connectivity index (χ4n) is 3.89. The summed E-state index contributed by atoms with van der Waals surface area (Å²) in [6.45, 7) is 6.06. The average molecular weight is 326 g/mol. The standard InChI is InChI=1S/C17H30N2O4/c1-16(2,3)23-15(22)19-11-5-4-6-13(19)17(14(20)21)9-7-12(18)8-10-17/h12-13H,4-11,18H2,1-3H3,(H,20,21). The van der Waals surface area contributed by atoms with Crippen LogP contribution < -0.4 is 5.73 Å². The normalized spacial score (nSPS) is 32.4. The molecule has 0 aromatic heterocycles. The first kappa shape index (κ1) is 18.0. The summed E-state index contributed by atoms with van der Waals surface area (Å²) in [6.07, 6.45) is 4.64. The SMILES string of the molecule is CC(C)(C)OC(=O)N1CCCCC1C1(C(=O)O)CCC(N)CC1. The van der Waals surface area contributed by atoms with Crippen molar-refractivity contribution in [3.63, 3.8) is 0 Å². The van der Waals surface area contributed by atoms with Crippen molar-refractivity contribution in [2.75, 3.05) is 6.54 Å². The van der Waals surface area contributed by atoms with Gasteiger partial charge in [0.1, 0.15) is 5.60 Å². The van der Waals surface area contributed by atoms with Gasteiger partial charge in [0, 0.05) is 12.6 Å². The molecule has 1 aliphatic carbocycles. The molecular formula is C17H30N2O4. The van der Waals surface area contributed by atoms with E-state index in [1.165, 1.54) is 0 Å². The van der Waals surface area contributed by atoms with Gasteiger partial charge in [0.25, 0.3) is 0 Å². The van der Waals surface area contributed by atoms with Crippen molar-refractivity contribution < 1.29 is 19.4 Å². The molecule has 6 heteroatoms. The molecule has 0 radical (unpaired) electrons. The van der Waals surface area contributed by atoms with E-state index < -0.39 is 23.1 Å². The van der Waals surface area contributed by atoms with E-state index >= 15 is 0 Å². The highest BCUT2D eigenvalue weighted by atomic mass is 16.6. The van der Waals surface area contributed by atoms with Crippen molar-refractivity contribution >= 4 is 12.1 Å². The molecule has 1 unspecified atom stereocenters. The number of hydrogen-bond donors (Lipinski definition) is 2. The van der Waals surface area contributed by atoms with Crippen LogP contribution in [0.4, 0.5) is 4.79 Å². The largest absolute Gasteiger partial charge is 0.481 e. The quantitative estimate of drug-likeness (QED) is 0.814. The number of piperidine rings is 1.